The summed E-state index contributed by atoms with van der Waals surface area (Å²) in [5.41, 5.74) is 0.461. The highest BCUT2D eigenvalue weighted by Crippen LogP contribution is 2.27. The van der Waals surface area contributed by atoms with E-state index in [-0.39, 0.29) is 18.4 Å². The molecule has 1 aliphatic rings. The molecule has 0 saturated carbocycles. The van der Waals surface area contributed by atoms with Gasteiger partial charge in [-0.3, -0.25) is 9.59 Å². The quantitative estimate of drug-likeness (QED) is 0.877. The van der Waals surface area contributed by atoms with Crippen LogP contribution in [0.1, 0.15) is 16.8 Å². The van der Waals surface area contributed by atoms with Crippen molar-refractivity contribution >= 4 is 39.6 Å². The van der Waals surface area contributed by atoms with Gasteiger partial charge in [0.1, 0.15) is 5.75 Å². The van der Waals surface area contributed by atoms with Crippen LogP contribution in [0.3, 0.4) is 0 Å². The Morgan fingerprint density at radius 3 is 2.95 bits per heavy atom. The number of thioether (sulfide) groups is 1. The van der Waals surface area contributed by atoms with E-state index in [1.54, 1.807) is 34.9 Å². The van der Waals surface area contributed by atoms with Gasteiger partial charge in [-0.15, -0.1) is 0 Å². The average molecular weight is 374 g/mol. The molecule has 1 amide bonds. The van der Waals surface area contributed by atoms with Gasteiger partial charge in [-0.05, 0) is 18.2 Å². The van der Waals surface area contributed by atoms with Crippen molar-refractivity contribution in [1.82, 2.24) is 4.90 Å². The summed E-state index contributed by atoms with van der Waals surface area (Å²) in [4.78, 5) is 25.3. The maximum Gasteiger partial charge on any atom is 0.305 e. The topological polar surface area (TPSA) is 66.8 Å². The van der Waals surface area contributed by atoms with E-state index in [2.05, 4.69) is 15.9 Å². The number of nitrogens with zero attached hydrogens (tertiary/aromatic N) is 1. The van der Waals surface area contributed by atoms with Crippen LogP contribution in [-0.4, -0.2) is 53.1 Å². The number of aliphatic carboxylic acids is 1. The second-order valence-corrected chi connectivity index (χ2v) is 6.74. The highest BCUT2D eigenvalue weighted by atomic mass is 79.9. The fraction of sp³-hybridized carbons (Fsp3) is 0.429. The molecule has 1 unspecified atom stereocenters. The van der Waals surface area contributed by atoms with Gasteiger partial charge in [-0.25, -0.2) is 0 Å². The number of carbonyl (C=O) groups is 2. The highest BCUT2D eigenvalue weighted by Gasteiger charge is 2.30. The summed E-state index contributed by atoms with van der Waals surface area (Å²) in [6.07, 6.45) is -0.0302. The second-order valence-electron chi connectivity index (χ2n) is 4.67. The molecule has 114 valence electrons. The zero-order valence-electron chi connectivity index (χ0n) is 11.5. The zero-order chi connectivity index (χ0) is 15.4. The number of methoxy groups -OCH3 is 1. The van der Waals surface area contributed by atoms with Gasteiger partial charge >= 0.3 is 5.97 Å². The third kappa shape index (κ3) is 3.91. The summed E-state index contributed by atoms with van der Waals surface area (Å²) in [5, 5.41) is 8.99. The minimum atomic E-state index is -0.886. The van der Waals surface area contributed by atoms with E-state index in [0.717, 1.165) is 10.2 Å². The van der Waals surface area contributed by atoms with Crippen LogP contribution < -0.4 is 4.74 Å². The Hall–Kier alpha value is -1.21. The average Bonchev–Trinajstić information content (AvgIpc) is 2.46. The third-order valence-electron chi connectivity index (χ3n) is 3.29. The fourth-order valence-electron chi connectivity index (χ4n) is 2.29. The molecule has 7 heteroatoms. The Labute approximate surface area is 135 Å². The molecule has 0 aromatic heterocycles. The van der Waals surface area contributed by atoms with E-state index in [1.165, 1.54) is 7.11 Å². The van der Waals surface area contributed by atoms with E-state index in [0.29, 0.717) is 23.6 Å². The number of halogens is 1. The number of hydrogen-bond donors (Lipinski definition) is 1. The van der Waals surface area contributed by atoms with E-state index >= 15 is 0 Å². The summed E-state index contributed by atoms with van der Waals surface area (Å²) < 4.78 is 6.08. The molecule has 1 N–H and O–H groups in total. The molecule has 1 heterocycles. The smallest absolute Gasteiger partial charge is 0.305 e. The molecule has 21 heavy (non-hydrogen) atoms. The minimum absolute atomic E-state index is 0.0302. The zero-order valence-corrected chi connectivity index (χ0v) is 13.9. The van der Waals surface area contributed by atoms with Crippen molar-refractivity contribution in [3.8, 4) is 5.75 Å². The molecule has 0 radical (unpaired) electrons. The van der Waals surface area contributed by atoms with Crippen LogP contribution in [0.5, 0.6) is 5.75 Å². The maximum atomic E-state index is 12.7. The van der Waals surface area contributed by atoms with Gasteiger partial charge in [0.15, 0.2) is 0 Å². The number of ether oxygens (including phenoxy) is 1. The van der Waals surface area contributed by atoms with E-state index in [4.69, 9.17) is 9.84 Å². The predicted octanol–water partition coefficient (Wildman–Crippen LogP) is 2.49. The van der Waals surface area contributed by atoms with Crippen LogP contribution in [0.2, 0.25) is 0 Å². The van der Waals surface area contributed by atoms with Crippen LogP contribution >= 0.6 is 27.7 Å². The lowest BCUT2D eigenvalue weighted by Crippen LogP contribution is -2.47. The fourth-order valence-corrected chi connectivity index (χ4v) is 3.69. The van der Waals surface area contributed by atoms with Crippen molar-refractivity contribution in [3.63, 3.8) is 0 Å². The number of carboxylic acids is 1. The van der Waals surface area contributed by atoms with Crippen LogP contribution in [0, 0.1) is 0 Å². The van der Waals surface area contributed by atoms with Crippen molar-refractivity contribution < 1.29 is 19.4 Å². The Bertz CT molecular complexity index is 552. The Kier molecular flexibility index (Phi) is 5.52. The molecule has 1 fully saturated rings. The van der Waals surface area contributed by atoms with Gasteiger partial charge in [0.2, 0.25) is 0 Å². The van der Waals surface area contributed by atoms with Gasteiger partial charge in [0.05, 0.1) is 25.1 Å². The van der Waals surface area contributed by atoms with Crippen molar-refractivity contribution in [3.05, 3.63) is 28.2 Å². The summed E-state index contributed by atoms with van der Waals surface area (Å²) >= 11 is 5.02. The molecule has 1 aromatic carbocycles. The highest BCUT2D eigenvalue weighted by molar-refractivity contribution is 9.10. The number of carbonyl (C=O) groups excluding carboxylic acids is 1. The van der Waals surface area contributed by atoms with Gasteiger partial charge in [-0.1, -0.05) is 15.9 Å². The summed E-state index contributed by atoms with van der Waals surface area (Å²) in [6.45, 7) is 0.556. The number of amides is 1. The largest absolute Gasteiger partial charge is 0.496 e. The van der Waals surface area contributed by atoms with E-state index < -0.39 is 5.97 Å². The number of hydrogen-bond acceptors (Lipinski definition) is 4. The van der Waals surface area contributed by atoms with Crippen molar-refractivity contribution in [2.75, 3.05) is 25.2 Å². The molecule has 2 rings (SSSR count). The first-order valence-electron chi connectivity index (χ1n) is 6.47. The molecular formula is C14H16BrNO4S. The molecule has 5 nitrogen and oxygen atoms in total. The molecule has 0 aliphatic carbocycles. The third-order valence-corrected chi connectivity index (χ3v) is 4.88. The number of carboxylic acid groups (broad SMARTS) is 1. The molecule has 1 atom stereocenters. The Morgan fingerprint density at radius 2 is 2.29 bits per heavy atom. The van der Waals surface area contributed by atoms with Gasteiger partial charge < -0.3 is 14.7 Å². The van der Waals surface area contributed by atoms with Crippen LogP contribution in [0.25, 0.3) is 0 Å². The van der Waals surface area contributed by atoms with Gasteiger partial charge in [0.25, 0.3) is 5.91 Å². The van der Waals surface area contributed by atoms with Crippen LogP contribution in [-0.2, 0) is 4.79 Å². The van der Waals surface area contributed by atoms with Crippen molar-refractivity contribution in [2.24, 2.45) is 0 Å². The molecule has 1 saturated heterocycles. The van der Waals surface area contributed by atoms with E-state index in [1.807, 2.05) is 0 Å². The van der Waals surface area contributed by atoms with Gasteiger partial charge in [0, 0.05) is 22.5 Å². The molecular weight excluding hydrogens is 358 g/mol. The van der Waals surface area contributed by atoms with Crippen LogP contribution in [0.4, 0.5) is 0 Å². The monoisotopic (exact) mass is 373 g/mol. The first-order valence-corrected chi connectivity index (χ1v) is 8.41. The molecule has 1 aromatic rings. The summed E-state index contributed by atoms with van der Waals surface area (Å²) in [5.74, 6) is 0.896. The van der Waals surface area contributed by atoms with Crippen LogP contribution in [0.15, 0.2) is 22.7 Å². The summed E-state index contributed by atoms with van der Waals surface area (Å²) in [7, 11) is 1.51. The first-order chi connectivity index (χ1) is 10.0. The van der Waals surface area contributed by atoms with E-state index in [9.17, 15) is 9.59 Å². The van der Waals surface area contributed by atoms with Gasteiger partial charge in [-0.2, -0.15) is 11.8 Å². The number of benzene rings is 1. The minimum Gasteiger partial charge on any atom is -0.496 e. The first kappa shape index (κ1) is 16.2. The lowest BCUT2D eigenvalue weighted by Gasteiger charge is -2.35. The lowest BCUT2D eigenvalue weighted by atomic mass is 10.1. The molecule has 0 spiro atoms. The number of rotatable bonds is 4. The lowest BCUT2D eigenvalue weighted by molar-refractivity contribution is -0.138. The molecule has 1 aliphatic heterocycles. The standard InChI is InChI=1S/C14H16BrNO4S/c1-20-12-6-9(15)2-3-11(12)14(19)16-4-5-21-8-10(16)7-13(17)18/h2-3,6,10H,4-5,7-8H2,1H3,(H,17,18). The molecule has 0 bridgehead atoms. The Morgan fingerprint density at radius 1 is 1.52 bits per heavy atom. The maximum absolute atomic E-state index is 12.7. The van der Waals surface area contributed by atoms with Crippen molar-refractivity contribution in [2.45, 2.75) is 12.5 Å². The van der Waals surface area contributed by atoms with Crippen molar-refractivity contribution in [1.29, 1.82) is 0 Å². The second kappa shape index (κ2) is 7.17. The normalized spacial score (nSPS) is 18.4. The predicted molar refractivity (Wildman–Crippen MR) is 85.1 cm³/mol. The summed E-state index contributed by atoms with van der Waals surface area (Å²) in [6, 6.07) is 4.94. The SMILES string of the molecule is COc1cc(Br)ccc1C(=O)N1CCSCC1CC(=O)O. The Balaban J connectivity index is 2.26.